The minimum atomic E-state index is 0.542. The molecule has 25 heavy (non-hydrogen) atoms. The lowest BCUT2D eigenvalue weighted by Gasteiger charge is -2.28. The van der Waals surface area contributed by atoms with E-state index in [0.29, 0.717) is 5.92 Å². The summed E-state index contributed by atoms with van der Waals surface area (Å²) in [5, 5.41) is 5.57. The van der Waals surface area contributed by atoms with Gasteiger partial charge in [-0.2, -0.15) is 0 Å². The maximum atomic E-state index is 2.40. The van der Waals surface area contributed by atoms with Crippen LogP contribution in [0, 0.1) is 6.92 Å². The summed E-state index contributed by atoms with van der Waals surface area (Å²) in [5.74, 6) is 0.542. The van der Waals surface area contributed by atoms with Crippen LogP contribution in [0.5, 0.6) is 0 Å². The molecule has 122 valence electrons. The van der Waals surface area contributed by atoms with Crippen molar-refractivity contribution in [1.82, 2.24) is 0 Å². The van der Waals surface area contributed by atoms with Crippen LogP contribution in [-0.4, -0.2) is 0 Å². The van der Waals surface area contributed by atoms with Gasteiger partial charge >= 0.3 is 0 Å². The molecule has 0 aliphatic heterocycles. The summed E-state index contributed by atoms with van der Waals surface area (Å²) in [5.41, 5.74) is 6.04. The smallest absolute Gasteiger partial charge is 0.00950 e. The van der Waals surface area contributed by atoms with Crippen molar-refractivity contribution in [3.8, 4) is 0 Å². The molecule has 1 aliphatic carbocycles. The molecular formula is C25H22. The minimum absolute atomic E-state index is 0.542. The normalized spacial score (nSPS) is 16.9. The molecular weight excluding hydrogens is 300 g/mol. The van der Waals surface area contributed by atoms with Gasteiger partial charge in [-0.3, -0.25) is 0 Å². The fourth-order valence-corrected chi connectivity index (χ4v) is 4.71. The zero-order valence-corrected chi connectivity index (χ0v) is 14.6. The van der Waals surface area contributed by atoms with E-state index in [9.17, 15) is 0 Å². The predicted molar refractivity (Wildman–Crippen MR) is 107 cm³/mol. The van der Waals surface area contributed by atoms with Crippen molar-refractivity contribution >= 4 is 21.5 Å². The van der Waals surface area contributed by atoms with E-state index in [1.807, 2.05) is 0 Å². The van der Waals surface area contributed by atoms with Gasteiger partial charge in [0.05, 0.1) is 0 Å². The molecule has 1 atom stereocenters. The van der Waals surface area contributed by atoms with E-state index in [1.165, 1.54) is 51.9 Å². The van der Waals surface area contributed by atoms with Gasteiger partial charge in [0.25, 0.3) is 0 Å². The zero-order chi connectivity index (χ0) is 16.8. The summed E-state index contributed by atoms with van der Waals surface area (Å²) in [6.07, 6.45) is 3.74. The first-order valence-electron chi connectivity index (χ1n) is 9.32. The molecule has 0 fully saturated rings. The Balaban J connectivity index is 1.77. The van der Waals surface area contributed by atoms with Gasteiger partial charge < -0.3 is 0 Å². The van der Waals surface area contributed by atoms with E-state index < -0.39 is 0 Å². The van der Waals surface area contributed by atoms with Gasteiger partial charge in [0.2, 0.25) is 0 Å². The highest BCUT2D eigenvalue weighted by Crippen LogP contribution is 2.41. The minimum Gasteiger partial charge on any atom is -0.0620 e. The fourth-order valence-electron chi connectivity index (χ4n) is 4.71. The number of hydrogen-bond acceptors (Lipinski definition) is 0. The Morgan fingerprint density at radius 2 is 1.48 bits per heavy atom. The first kappa shape index (κ1) is 14.7. The first-order valence-corrected chi connectivity index (χ1v) is 9.32. The maximum absolute atomic E-state index is 2.40. The van der Waals surface area contributed by atoms with Gasteiger partial charge in [0, 0.05) is 5.92 Å². The van der Waals surface area contributed by atoms with Gasteiger partial charge in [-0.15, -0.1) is 0 Å². The van der Waals surface area contributed by atoms with Crippen LogP contribution in [-0.2, 0) is 6.42 Å². The standard InChI is InChI=1S/C25H22/c1-17-7-2-4-9-19(17)21-11-6-12-22-24-14-13-18-8-3-5-10-20(18)23(24)15-16-25(21)22/h2-5,7-10,13-16,21H,6,11-12H2,1H3. The summed E-state index contributed by atoms with van der Waals surface area (Å²) in [4.78, 5) is 0. The summed E-state index contributed by atoms with van der Waals surface area (Å²) in [6, 6.07) is 27.0. The van der Waals surface area contributed by atoms with Crippen LogP contribution >= 0.6 is 0 Å². The van der Waals surface area contributed by atoms with Crippen molar-refractivity contribution in [2.24, 2.45) is 0 Å². The molecule has 1 unspecified atom stereocenters. The Bertz CT molecular complexity index is 1090. The van der Waals surface area contributed by atoms with E-state index in [-0.39, 0.29) is 0 Å². The highest BCUT2D eigenvalue weighted by Gasteiger charge is 2.24. The Morgan fingerprint density at radius 3 is 2.40 bits per heavy atom. The number of rotatable bonds is 1. The molecule has 0 heteroatoms. The van der Waals surface area contributed by atoms with Crippen molar-refractivity contribution in [3.63, 3.8) is 0 Å². The molecule has 0 amide bonds. The number of fused-ring (bicyclic) bond motifs is 5. The molecule has 0 radical (unpaired) electrons. The van der Waals surface area contributed by atoms with Crippen molar-refractivity contribution in [3.05, 3.63) is 95.1 Å². The van der Waals surface area contributed by atoms with Gasteiger partial charge in [-0.25, -0.2) is 0 Å². The van der Waals surface area contributed by atoms with E-state index in [2.05, 4.69) is 79.7 Å². The van der Waals surface area contributed by atoms with Gasteiger partial charge in [0.1, 0.15) is 0 Å². The second-order valence-electron chi connectivity index (χ2n) is 7.32. The molecule has 0 spiro atoms. The van der Waals surface area contributed by atoms with E-state index in [1.54, 1.807) is 11.1 Å². The second kappa shape index (κ2) is 5.74. The van der Waals surface area contributed by atoms with Crippen LogP contribution in [0.4, 0.5) is 0 Å². The molecule has 0 saturated carbocycles. The maximum Gasteiger partial charge on any atom is 0.00950 e. The Kier molecular flexibility index (Phi) is 3.38. The molecule has 0 bridgehead atoms. The molecule has 0 nitrogen and oxygen atoms in total. The van der Waals surface area contributed by atoms with Crippen LogP contribution < -0.4 is 0 Å². The lowest BCUT2D eigenvalue weighted by Crippen LogP contribution is -2.12. The molecule has 4 aromatic carbocycles. The van der Waals surface area contributed by atoms with E-state index in [4.69, 9.17) is 0 Å². The molecule has 0 N–H and O–H groups in total. The topological polar surface area (TPSA) is 0 Å². The summed E-state index contributed by atoms with van der Waals surface area (Å²) in [7, 11) is 0. The van der Waals surface area contributed by atoms with Crippen molar-refractivity contribution in [1.29, 1.82) is 0 Å². The molecule has 4 aromatic rings. The van der Waals surface area contributed by atoms with Crippen molar-refractivity contribution in [2.45, 2.75) is 32.1 Å². The third-order valence-corrected chi connectivity index (χ3v) is 5.93. The zero-order valence-electron chi connectivity index (χ0n) is 14.6. The predicted octanol–water partition coefficient (Wildman–Crippen LogP) is 6.77. The Hall–Kier alpha value is -2.60. The highest BCUT2D eigenvalue weighted by atomic mass is 14.3. The van der Waals surface area contributed by atoms with Crippen LogP contribution in [0.2, 0.25) is 0 Å². The van der Waals surface area contributed by atoms with Gasteiger partial charge in [-0.05, 0) is 70.0 Å². The monoisotopic (exact) mass is 322 g/mol. The average Bonchev–Trinajstić information content (AvgIpc) is 2.67. The number of hydrogen-bond donors (Lipinski definition) is 0. The first-order chi connectivity index (χ1) is 12.3. The van der Waals surface area contributed by atoms with Crippen LogP contribution in [0.25, 0.3) is 21.5 Å². The van der Waals surface area contributed by atoms with Crippen LogP contribution in [0.15, 0.2) is 72.8 Å². The van der Waals surface area contributed by atoms with E-state index >= 15 is 0 Å². The molecule has 0 saturated heterocycles. The lowest BCUT2D eigenvalue weighted by atomic mass is 9.76. The van der Waals surface area contributed by atoms with Gasteiger partial charge in [-0.1, -0.05) is 72.8 Å². The highest BCUT2D eigenvalue weighted by molar-refractivity contribution is 6.08. The third kappa shape index (κ3) is 2.28. The van der Waals surface area contributed by atoms with Crippen molar-refractivity contribution in [2.75, 3.05) is 0 Å². The second-order valence-corrected chi connectivity index (χ2v) is 7.32. The number of aryl methyl sites for hydroxylation is 2. The van der Waals surface area contributed by atoms with Crippen molar-refractivity contribution < 1.29 is 0 Å². The summed E-state index contributed by atoms with van der Waals surface area (Å²) in [6.45, 7) is 2.25. The number of benzene rings is 4. The molecule has 0 aromatic heterocycles. The molecule has 5 rings (SSSR count). The quantitative estimate of drug-likeness (QED) is 0.339. The van der Waals surface area contributed by atoms with Crippen LogP contribution in [0.1, 0.15) is 41.0 Å². The third-order valence-electron chi connectivity index (χ3n) is 5.93. The summed E-state index contributed by atoms with van der Waals surface area (Å²) < 4.78 is 0. The van der Waals surface area contributed by atoms with Crippen LogP contribution in [0.3, 0.4) is 0 Å². The fraction of sp³-hybridized carbons (Fsp3) is 0.200. The summed E-state index contributed by atoms with van der Waals surface area (Å²) >= 11 is 0. The Labute approximate surface area is 149 Å². The van der Waals surface area contributed by atoms with Gasteiger partial charge in [0.15, 0.2) is 0 Å². The SMILES string of the molecule is Cc1ccccc1C1CCCc2c1ccc1c2ccc2ccccc21. The molecule has 0 heterocycles. The Morgan fingerprint density at radius 1 is 0.680 bits per heavy atom. The average molecular weight is 322 g/mol. The lowest BCUT2D eigenvalue weighted by molar-refractivity contribution is 0.617. The van der Waals surface area contributed by atoms with E-state index in [0.717, 1.165) is 0 Å². The molecule has 1 aliphatic rings. The largest absolute Gasteiger partial charge is 0.0620 e.